The summed E-state index contributed by atoms with van der Waals surface area (Å²) in [5.41, 5.74) is 4.54. The summed E-state index contributed by atoms with van der Waals surface area (Å²) in [6, 6.07) is 7.34. The number of aromatic amines is 1. The molecule has 0 aromatic carbocycles. The van der Waals surface area contributed by atoms with Crippen LogP contribution in [0.25, 0.3) is 38.8 Å². The number of H-pyrrole nitrogens is 1. The lowest BCUT2D eigenvalue weighted by molar-refractivity contribution is -0.149. The molecule has 5 aromatic heterocycles. The van der Waals surface area contributed by atoms with Gasteiger partial charge in [0, 0.05) is 53.1 Å². The van der Waals surface area contributed by atoms with Crippen molar-refractivity contribution in [3.63, 3.8) is 0 Å². The van der Waals surface area contributed by atoms with Crippen molar-refractivity contribution in [2.24, 2.45) is 0 Å². The van der Waals surface area contributed by atoms with Crippen LogP contribution in [0, 0.1) is 0 Å². The largest absolute Gasteiger partial charge is 0.408 e. The van der Waals surface area contributed by atoms with E-state index in [1.54, 1.807) is 37.1 Å². The first-order valence-electron chi connectivity index (χ1n) is 10.0. The SMILES string of the molecule is C[C@@H](NC(=O)c1cnn2ccc(-c3c[nH]c4ncc(-c5cccnc5)cc34)cc12)C(F)(F)F. The summed E-state index contributed by atoms with van der Waals surface area (Å²) in [5.74, 6) is -0.841. The summed E-state index contributed by atoms with van der Waals surface area (Å²) in [6.45, 7) is 0.897. The molecule has 5 heterocycles. The third-order valence-corrected chi connectivity index (χ3v) is 5.44. The molecule has 0 bridgehead atoms. The summed E-state index contributed by atoms with van der Waals surface area (Å²) in [5, 5.41) is 6.94. The Hall–Kier alpha value is -4.21. The number of aromatic nitrogens is 5. The molecule has 5 aromatic rings. The molecular weight excluding hydrogens is 433 g/mol. The van der Waals surface area contributed by atoms with Gasteiger partial charge in [-0.25, -0.2) is 9.50 Å². The molecule has 0 radical (unpaired) electrons. The van der Waals surface area contributed by atoms with Crippen molar-refractivity contribution in [2.45, 2.75) is 19.1 Å². The Balaban J connectivity index is 1.55. The third-order valence-electron chi connectivity index (χ3n) is 5.44. The molecule has 7 nitrogen and oxygen atoms in total. The van der Waals surface area contributed by atoms with Crippen molar-refractivity contribution in [1.29, 1.82) is 0 Å². The Morgan fingerprint density at radius 1 is 1.12 bits per heavy atom. The molecule has 0 aliphatic rings. The Kier molecular flexibility index (Phi) is 4.85. The van der Waals surface area contributed by atoms with Crippen LogP contribution < -0.4 is 5.32 Å². The van der Waals surface area contributed by atoms with E-state index in [1.807, 2.05) is 29.6 Å². The lowest BCUT2D eigenvalue weighted by atomic mass is 10.0. The third kappa shape index (κ3) is 3.79. The molecule has 10 heteroatoms. The van der Waals surface area contributed by atoms with E-state index < -0.39 is 18.1 Å². The molecule has 0 fully saturated rings. The standard InChI is InChI=1S/C23H17F3N6O/c1-13(23(24,25)26)31-22(33)19-12-30-32-6-4-14(8-20(19)32)18-11-29-21-17(18)7-16(10-28-21)15-3-2-5-27-9-15/h2-13H,1H3,(H,28,29)(H,31,33)/t13-/m1/s1. The maximum absolute atomic E-state index is 12.9. The van der Waals surface area contributed by atoms with Gasteiger partial charge in [-0.1, -0.05) is 6.07 Å². The summed E-state index contributed by atoms with van der Waals surface area (Å²) in [7, 11) is 0. The average Bonchev–Trinajstić information content (AvgIpc) is 3.42. The molecule has 0 unspecified atom stereocenters. The van der Waals surface area contributed by atoms with Crippen LogP contribution in [0.3, 0.4) is 0 Å². The highest BCUT2D eigenvalue weighted by atomic mass is 19.4. The van der Waals surface area contributed by atoms with Crippen LogP contribution in [0.4, 0.5) is 13.2 Å². The monoisotopic (exact) mass is 450 g/mol. The number of pyridine rings is 3. The summed E-state index contributed by atoms with van der Waals surface area (Å²) in [4.78, 5) is 24.3. The normalized spacial score (nSPS) is 12.8. The molecule has 166 valence electrons. The van der Waals surface area contributed by atoms with Crippen molar-refractivity contribution < 1.29 is 18.0 Å². The second-order valence-electron chi connectivity index (χ2n) is 7.60. The Morgan fingerprint density at radius 2 is 1.97 bits per heavy atom. The average molecular weight is 450 g/mol. The Bertz CT molecular complexity index is 1470. The molecule has 0 aliphatic heterocycles. The topological polar surface area (TPSA) is 88.0 Å². The summed E-state index contributed by atoms with van der Waals surface area (Å²) >= 11 is 0. The number of hydrogen-bond donors (Lipinski definition) is 2. The predicted molar refractivity (Wildman–Crippen MR) is 116 cm³/mol. The second kappa shape index (κ2) is 7.73. The number of nitrogens with one attached hydrogen (secondary N) is 2. The lowest BCUT2D eigenvalue weighted by Crippen LogP contribution is -2.43. The quantitative estimate of drug-likeness (QED) is 0.418. The smallest absolute Gasteiger partial charge is 0.346 e. The van der Waals surface area contributed by atoms with E-state index in [9.17, 15) is 18.0 Å². The van der Waals surface area contributed by atoms with Crippen molar-refractivity contribution in [3.8, 4) is 22.3 Å². The first kappa shape index (κ1) is 20.7. The zero-order valence-electron chi connectivity index (χ0n) is 17.3. The Labute approximate surface area is 185 Å². The molecule has 0 saturated carbocycles. The fourth-order valence-electron chi connectivity index (χ4n) is 3.61. The van der Waals surface area contributed by atoms with Crippen molar-refractivity contribution in [2.75, 3.05) is 0 Å². The van der Waals surface area contributed by atoms with Crippen LogP contribution >= 0.6 is 0 Å². The van der Waals surface area contributed by atoms with E-state index in [-0.39, 0.29) is 5.56 Å². The van der Waals surface area contributed by atoms with Crippen LogP contribution in [0.1, 0.15) is 17.3 Å². The minimum atomic E-state index is -4.53. The number of rotatable bonds is 4. The van der Waals surface area contributed by atoms with Crippen LogP contribution in [0.2, 0.25) is 0 Å². The van der Waals surface area contributed by atoms with Gasteiger partial charge in [-0.3, -0.25) is 9.78 Å². The second-order valence-corrected chi connectivity index (χ2v) is 7.60. The highest BCUT2D eigenvalue weighted by Crippen LogP contribution is 2.32. The minimum absolute atomic E-state index is 0.0574. The van der Waals surface area contributed by atoms with E-state index in [2.05, 4.69) is 20.1 Å². The molecule has 1 amide bonds. The van der Waals surface area contributed by atoms with Gasteiger partial charge in [0.25, 0.3) is 5.91 Å². The first-order chi connectivity index (χ1) is 15.8. The summed E-state index contributed by atoms with van der Waals surface area (Å²) < 4.78 is 40.1. The van der Waals surface area contributed by atoms with E-state index >= 15 is 0 Å². The van der Waals surface area contributed by atoms with Crippen molar-refractivity contribution >= 4 is 22.5 Å². The summed E-state index contributed by atoms with van der Waals surface area (Å²) in [6.07, 6.45) is 5.39. The molecule has 2 N–H and O–H groups in total. The molecule has 1 atom stereocenters. The van der Waals surface area contributed by atoms with E-state index in [0.29, 0.717) is 11.2 Å². The van der Waals surface area contributed by atoms with Gasteiger partial charge in [0.15, 0.2) is 0 Å². The first-order valence-corrected chi connectivity index (χ1v) is 10.0. The van der Waals surface area contributed by atoms with Crippen molar-refractivity contribution in [1.82, 2.24) is 29.9 Å². The zero-order valence-corrected chi connectivity index (χ0v) is 17.3. The number of carbonyl (C=O) groups is 1. The fraction of sp³-hybridized carbons (Fsp3) is 0.130. The van der Waals surface area contributed by atoms with E-state index in [4.69, 9.17) is 0 Å². The van der Waals surface area contributed by atoms with Crippen molar-refractivity contribution in [3.05, 3.63) is 73.1 Å². The van der Waals surface area contributed by atoms with Gasteiger partial charge in [-0.15, -0.1) is 0 Å². The predicted octanol–water partition coefficient (Wildman–Crippen LogP) is 4.62. The zero-order chi connectivity index (χ0) is 23.2. The number of nitrogens with zero attached hydrogens (tertiary/aromatic N) is 4. The van der Waals surface area contributed by atoms with Gasteiger partial charge in [0.2, 0.25) is 0 Å². The molecule has 0 aliphatic carbocycles. The number of hydrogen-bond acceptors (Lipinski definition) is 4. The molecular formula is C23H17F3N6O. The van der Waals surface area contributed by atoms with Gasteiger partial charge in [0.1, 0.15) is 11.7 Å². The minimum Gasteiger partial charge on any atom is -0.346 e. The van der Waals surface area contributed by atoms with Gasteiger partial charge in [-0.05, 0) is 36.8 Å². The number of halogens is 3. The number of carbonyl (C=O) groups excluding carboxylic acids is 1. The van der Waals surface area contributed by atoms with Crippen LogP contribution in [0.5, 0.6) is 0 Å². The molecule has 0 spiro atoms. The highest BCUT2D eigenvalue weighted by Gasteiger charge is 2.37. The maximum atomic E-state index is 12.9. The van der Waals surface area contributed by atoms with E-state index in [0.717, 1.165) is 34.6 Å². The van der Waals surface area contributed by atoms with Gasteiger partial charge in [0.05, 0.1) is 17.3 Å². The fourth-order valence-corrected chi connectivity index (χ4v) is 3.61. The van der Waals surface area contributed by atoms with Gasteiger partial charge >= 0.3 is 6.18 Å². The molecule has 5 rings (SSSR count). The van der Waals surface area contributed by atoms with Crippen LogP contribution in [0.15, 0.2) is 67.5 Å². The molecule has 33 heavy (non-hydrogen) atoms. The highest BCUT2D eigenvalue weighted by molar-refractivity contribution is 6.02. The van der Waals surface area contributed by atoms with Gasteiger partial charge in [-0.2, -0.15) is 18.3 Å². The van der Waals surface area contributed by atoms with Gasteiger partial charge < -0.3 is 10.3 Å². The van der Waals surface area contributed by atoms with Crippen LogP contribution in [-0.4, -0.2) is 42.7 Å². The van der Waals surface area contributed by atoms with Crippen LogP contribution in [-0.2, 0) is 0 Å². The maximum Gasteiger partial charge on any atom is 0.408 e. The number of amides is 1. The molecule has 0 saturated heterocycles. The lowest BCUT2D eigenvalue weighted by Gasteiger charge is -2.16. The number of alkyl halides is 3. The Morgan fingerprint density at radius 3 is 2.73 bits per heavy atom. The number of fused-ring (bicyclic) bond motifs is 2. The van der Waals surface area contributed by atoms with E-state index in [1.165, 1.54) is 10.7 Å².